The second kappa shape index (κ2) is 5.49. The van der Waals surface area contributed by atoms with E-state index >= 15 is 0 Å². The summed E-state index contributed by atoms with van der Waals surface area (Å²) in [6.45, 7) is 5.74. The van der Waals surface area contributed by atoms with E-state index in [4.69, 9.17) is 4.98 Å². The predicted molar refractivity (Wildman–Crippen MR) is 97.2 cm³/mol. The molecule has 0 saturated carbocycles. The molecule has 1 aliphatic heterocycles. The average Bonchev–Trinajstić information content (AvgIpc) is 3.27. The highest BCUT2D eigenvalue weighted by molar-refractivity contribution is 7.19. The maximum Gasteiger partial charge on any atom is 0.293 e. The Hall–Kier alpha value is -2.02. The van der Waals surface area contributed by atoms with Gasteiger partial charge in [0.25, 0.3) is 5.91 Å². The summed E-state index contributed by atoms with van der Waals surface area (Å²) in [5.74, 6) is 1.60. The Kier molecular flexibility index (Phi) is 3.35. The Bertz CT molecular complexity index is 1000. The largest absolute Gasteiger partial charge is 0.336 e. The van der Waals surface area contributed by atoms with Gasteiger partial charge in [-0.05, 0) is 50.5 Å². The van der Waals surface area contributed by atoms with Crippen LogP contribution >= 0.6 is 11.3 Å². The number of aromatic nitrogens is 4. The first-order valence-corrected chi connectivity index (χ1v) is 9.90. The van der Waals surface area contributed by atoms with E-state index in [-0.39, 0.29) is 5.91 Å². The molecule has 7 heteroatoms. The Balaban J connectivity index is 1.64. The molecule has 4 heterocycles. The van der Waals surface area contributed by atoms with Crippen molar-refractivity contribution in [1.29, 1.82) is 0 Å². The summed E-state index contributed by atoms with van der Waals surface area (Å²) in [5, 5.41) is 5.64. The number of rotatable bonds is 1. The fraction of sp³-hybridized carbons (Fsp3) is 0.556. The van der Waals surface area contributed by atoms with Gasteiger partial charge in [0.15, 0.2) is 5.65 Å². The molecule has 0 radical (unpaired) electrons. The number of piperidine rings is 1. The van der Waals surface area contributed by atoms with Gasteiger partial charge < -0.3 is 4.90 Å². The molecular formula is C18H21N5OS. The molecule has 130 valence electrons. The van der Waals surface area contributed by atoms with Gasteiger partial charge in [-0.2, -0.15) is 4.52 Å². The standard InChI is InChI=1S/C18H21N5OS/c1-10-5-4-8-22(9-10)18(24)15-20-16-14-12-6-3-7-13(12)25-17(14)19-11(2)23(16)21-15/h10H,3-9H2,1-2H3. The van der Waals surface area contributed by atoms with Crippen molar-refractivity contribution in [2.24, 2.45) is 5.92 Å². The Morgan fingerprint density at radius 2 is 2.12 bits per heavy atom. The summed E-state index contributed by atoms with van der Waals surface area (Å²) >= 11 is 1.77. The molecule has 0 aromatic carbocycles. The van der Waals surface area contributed by atoms with Gasteiger partial charge in [-0.1, -0.05) is 6.92 Å². The van der Waals surface area contributed by atoms with Crippen LogP contribution in [0.5, 0.6) is 0 Å². The van der Waals surface area contributed by atoms with Crippen LogP contribution in [0.4, 0.5) is 0 Å². The van der Waals surface area contributed by atoms with Crippen LogP contribution in [0.2, 0.25) is 0 Å². The van der Waals surface area contributed by atoms with E-state index in [0.29, 0.717) is 11.7 Å². The van der Waals surface area contributed by atoms with Gasteiger partial charge in [-0.25, -0.2) is 9.97 Å². The number of hydrogen-bond donors (Lipinski definition) is 0. The zero-order valence-corrected chi connectivity index (χ0v) is 15.4. The maximum atomic E-state index is 12.9. The van der Waals surface area contributed by atoms with Crippen molar-refractivity contribution >= 4 is 33.1 Å². The van der Waals surface area contributed by atoms with Crippen molar-refractivity contribution in [3.05, 3.63) is 22.1 Å². The molecule has 0 bridgehead atoms. The molecule has 2 aliphatic rings. The van der Waals surface area contributed by atoms with Crippen LogP contribution in [0.3, 0.4) is 0 Å². The lowest BCUT2D eigenvalue weighted by Crippen LogP contribution is -2.39. The number of carbonyl (C=O) groups excluding carboxylic acids is 1. The lowest BCUT2D eigenvalue weighted by Gasteiger charge is -2.29. The van der Waals surface area contributed by atoms with Crippen molar-refractivity contribution in [3.63, 3.8) is 0 Å². The van der Waals surface area contributed by atoms with Crippen molar-refractivity contribution in [2.75, 3.05) is 13.1 Å². The third-order valence-corrected chi connectivity index (χ3v) is 6.62. The number of hydrogen-bond acceptors (Lipinski definition) is 5. The van der Waals surface area contributed by atoms with Crippen LogP contribution in [0.1, 0.15) is 53.1 Å². The third-order valence-electron chi connectivity index (χ3n) is 5.44. The van der Waals surface area contributed by atoms with Crippen LogP contribution < -0.4 is 0 Å². The molecule has 5 rings (SSSR count). The number of nitrogens with zero attached hydrogens (tertiary/aromatic N) is 5. The molecule has 0 spiro atoms. The average molecular weight is 355 g/mol. The minimum atomic E-state index is -0.0466. The van der Waals surface area contributed by atoms with Crippen LogP contribution in [-0.2, 0) is 12.8 Å². The molecule has 25 heavy (non-hydrogen) atoms. The van der Waals surface area contributed by atoms with E-state index in [9.17, 15) is 4.79 Å². The van der Waals surface area contributed by atoms with Gasteiger partial charge in [0.1, 0.15) is 10.7 Å². The van der Waals surface area contributed by atoms with Gasteiger partial charge in [0.2, 0.25) is 5.82 Å². The smallest absolute Gasteiger partial charge is 0.293 e. The summed E-state index contributed by atoms with van der Waals surface area (Å²) in [6.07, 6.45) is 5.65. The number of fused-ring (bicyclic) bond motifs is 5. The van der Waals surface area contributed by atoms with Crippen LogP contribution in [0, 0.1) is 12.8 Å². The van der Waals surface area contributed by atoms with E-state index in [1.54, 1.807) is 15.9 Å². The molecule has 1 atom stereocenters. The zero-order chi connectivity index (χ0) is 17.1. The number of amides is 1. The molecule has 1 fully saturated rings. The zero-order valence-electron chi connectivity index (χ0n) is 14.6. The summed E-state index contributed by atoms with van der Waals surface area (Å²) in [7, 11) is 0. The van der Waals surface area contributed by atoms with E-state index in [1.807, 2.05) is 11.8 Å². The molecule has 1 amide bonds. The molecular weight excluding hydrogens is 334 g/mol. The van der Waals surface area contributed by atoms with Gasteiger partial charge in [0, 0.05) is 18.0 Å². The number of carbonyl (C=O) groups is 1. The third kappa shape index (κ3) is 2.28. The fourth-order valence-corrected chi connectivity index (χ4v) is 5.50. The lowest BCUT2D eigenvalue weighted by molar-refractivity contribution is 0.0671. The summed E-state index contributed by atoms with van der Waals surface area (Å²) in [6, 6.07) is 0. The first-order valence-electron chi connectivity index (χ1n) is 9.08. The van der Waals surface area contributed by atoms with Gasteiger partial charge in [-0.3, -0.25) is 4.79 Å². The van der Waals surface area contributed by atoms with Gasteiger partial charge >= 0.3 is 0 Å². The maximum absolute atomic E-state index is 12.9. The minimum absolute atomic E-state index is 0.0466. The van der Waals surface area contributed by atoms with Crippen molar-refractivity contribution in [2.45, 2.75) is 46.0 Å². The molecule has 0 N–H and O–H groups in total. The number of aryl methyl sites for hydroxylation is 3. The van der Waals surface area contributed by atoms with E-state index in [1.165, 1.54) is 23.3 Å². The lowest BCUT2D eigenvalue weighted by atomic mass is 10.0. The van der Waals surface area contributed by atoms with Gasteiger partial charge in [-0.15, -0.1) is 16.4 Å². The quantitative estimate of drug-likeness (QED) is 0.673. The summed E-state index contributed by atoms with van der Waals surface area (Å²) in [5.41, 5.74) is 2.17. The van der Waals surface area contributed by atoms with Crippen molar-refractivity contribution < 1.29 is 4.79 Å². The predicted octanol–water partition coefficient (Wildman–Crippen LogP) is 3.01. The van der Waals surface area contributed by atoms with E-state index < -0.39 is 0 Å². The minimum Gasteiger partial charge on any atom is -0.336 e. The van der Waals surface area contributed by atoms with Crippen LogP contribution in [0.15, 0.2) is 0 Å². The highest BCUT2D eigenvalue weighted by atomic mass is 32.1. The number of likely N-dealkylation sites (tertiary alicyclic amines) is 1. The summed E-state index contributed by atoms with van der Waals surface area (Å²) < 4.78 is 1.76. The van der Waals surface area contributed by atoms with E-state index in [0.717, 1.165) is 54.0 Å². The topological polar surface area (TPSA) is 63.4 Å². The van der Waals surface area contributed by atoms with Gasteiger partial charge in [0.05, 0.1) is 5.39 Å². The highest BCUT2D eigenvalue weighted by Crippen LogP contribution is 2.38. The second-order valence-electron chi connectivity index (χ2n) is 7.37. The molecule has 6 nitrogen and oxygen atoms in total. The Labute approximate surface area is 149 Å². The van der Waals surface area contributed by atoms with Crippen molar-refractivity contribution in [3.8, 4) is 0 Å². The second-order valence-corrected chi connectivity index (χ2v) is 8.45. The summed E-state index contributed by atoms with van der Waals surface area (Å²) in [4.78, 5) is 26.7. The highest BCUT2D eigenvalue weighted by Gasteiger charge is 2.27. The molecule has 3 aromatic rings. The fourth-order valence-electron chi connectivity index (χ4n) is 4.20. The Morgan fingerprint density at radius 1 is 1.24 bits per heavy atom. The molecule has 1 unspecified atom stereocenters. The SMILES string of the molecule is Cc1nc2sc3c(c2c2nc(C(=O)N4CCCC(C)C4)nn12)CCC3. The van der Waals surface area contributed by atoms with Crippen LogP contribution in [-0.4, -0.2) is 43.5 Å². The first kappa shape index (κ1) is 15.3. The molecule has 1 saturated heterocycles. The first-order chi connectivity index (χ1) is 12.1. The Morgan fingerprint density at radius 3 is 2.96 bits per heavy atom. The van der Waals surface area contributed by atoms with Crippen LogP contribution in [0.25, 0.3) is 15.9 Å². The van der Waals surface area contributed by atoms with Crippen molar-refractivity contribution in [1.82, 2.24) is 24.5 Å². The molecule has 3 aromatic heterocycles. The normalized spacial score (nSPS) is 20.6. The number of thiophene rings is 1. The monoisotopic (exact) mass is 355 g/mol. The van der Waals surface area contributed by atoms with E-state index in [2.05, 4.69) is 17.0 Å². The molecule has 1 aliphatic carbocycles.